The van der Waals surface area contributed by atoms with E-state index in [1.54, 1.807) is 0 Å². The number of hydrogen-bond acceptors (Lipinski definition) is 2. The maximum Gasteiger partial charge on any atom is 0.0697 e. The van der Waals surface area contributed by atoms with Crippen LogP contribution in [0.2, 0.25) is 0 Å². The van der Waals surface area contributed by atoms with Gasteiger partial charge in [0.2, 0.25) is 0 Å². The maximum absolute atomic E-state index is 8.72. The number of aliphatic hydroxyl groups excluding tert-OH is 1. The highest BCUT2D eigenvalue weighted by atomic mass is 16.5. The van der Waals surface area contributed by atoms with Gasteiger partial charge in [0, 0.05) is 6.61 Å². The fourth-order valence-corrected chi connectivity index (χ4v) is 2.75. The van der Waals surface area contributed by atoms with Crippen LogP contribution in [0.25, 0.3) is 0 Å². The van der Waals surface area contributed by atoms with E-state index in [0.717, 1.165) is 12.5 Å². The van der Waals surface area contributed by atoms with E-state index in [1.807, 2.05) is 0 Å². The first kappa shape index (κ1) is 19.9. The summed E-state index contributed by atoms with van der Waals surface area (Å²) in [6.45, 7) is 6.02. The van der Waals surface area contributed by atoms with Crippen molar-refractivity contribution >= 4 is 0 Å². The molecule has 0 radical (unpaired) electrons. The zero-order valence-corrected chi connectivity index (χ0v) is 14.0. The minimum atomic E-state index is 0.151. The third-order valence-corrected chi connectivity index (χ3v) is 4.09. The number of aliphatic hydroxyl groups is 1. The van der Waals surface area contributed by atoms with E-state index >= 15 is 0 Å². The first-order valence-corrected chi connectivity index (χ1v) is 9.03. The smallest absolute Gasteiger partial charge is 0.0697 e. The molecule has 0 aromatic rings. The van der Waals surface area contributed by atoms with Gasteiger partial charge in [0.25, 0.3) is 0 Å². The predicted octanol–water partition coefficient (Wildman–Crippen LogP) is 5.33. The van der Waals surface area contributed by atoms with Crippen molar-refractivity contribution in [1.29, 1.82) is 0 Å². The highest BCUT2D eigenvalue weighted by molar-refractivity contribution is 4.61. The third-order valence-electron chi connectivity index (χ3n) is 4.09. The van der Waals surface area contributed by atoms with Gasteiger partial charge in [0.15, 0.2) is 0 Å². The van der Waals surface area contributed by atoms with Crippen LogP contribution in [0.3, 0.4) is 0 Å². The van der Waals surface area contributed by atoms with Crippen molar-refractivity contribution in [2.45, 2.75) is 90.9 Å². The first-order chi connectivity index (χ1) is 9.85. The summed E-state index contributed by atoms with van der Waals surface area (Å²) in [5, 5.41) is 8.72. The Morgan fingerprint density at radius 2 is 1.25 bits per heavy atom. The molecule has 0 aromatic heterocycles. The minimum Gasteiger partial charge on any atom is -0.394 e. The Morgan fingerprint density at radius 3 is 1.90 bits per heavy atom. The zero-order valence-electron chi connectivity index (χ0n) is 14.0. The van der Waals surface area contributed by atoms with Gasteiger partial charge in [-0.2, -0.15) is 0 Å². The summed E-state index contributed by atoms with van der Waals surface area (Å²) in [6, 6.07) is 0. The molecule has 0 fully saturated rings. The average Bonchev–Trinajstić information content (AvgIpc) is 2.46. The molecule has 0 spiro atoms. The van der Waals surface area contributed by atoms with Crippen molar-refractivity contribution < 1.29 is 9.84 Å². The van der Waals surface area contributed by atoms with Crippen LogP contribution in [0.1, 0.15) is 90.9 Å². The standard InChI is InChI=1S/C18H38O2/c1-3-5-7-8-9-11-13-18(12-10-6-4-2)14-16-20-17-15-19/h18-19H,3-17H2,1-2H3. The largest absolute Gasteiger partial charge is 0.394 e. The van der Waals surface area contributed by atoms with Gasteiger partial charge < -0.3 is 9.84 Å². The maximum atomic E-state index is 8.72. The molecule has 0 aliphatic rings. The molecule has 0 bridgehead atoms. The SMILES string of the molecule is CCCCCCCCC(CCCCC)CCOCCO. The molecule has 0 aromatic carbocycles. The molecule has 0 saturated carbocycles. The lowest BCUT2D eigenvalue weighted by atomic mass is 9.92. The topological polar surface area (TPSA) is 29.5 Å². The van der Waals surface area contributed by atoms with E-state index < -0.39 is 0 Å². The van der Waals surface area contributed by atoms with E-state index in [2.05, 4.69) is 13.8 Å². The lowest BCUT2D eigenvalue weighted by molar-refractivity contribution is 0.0809. The van der Waals surface area contributed by atoms with Gasteiger partial charge >= 0.3 is 0 Å². The number of unbranched alkanes of at least 4 members (excludes halogenated alkanes) is 7. The third kappa shape index (κ3) is 14.3. The van der Waals surface area contributed by atoms with Crippen LogP contribution in [0.15, 0.2) is 0 Å². The van der Waals surface area contributed by atoms with E-state index in [0.29, 0.717) is 6.61 Å². The Morgan fingerprint density at radius 1 is 0.700 bits per heavy atom. The van der Waals surface area contributed by atoms with Gasteiger partial charge in [-0.3, -0.25) is 0 Å². The van der Waals surface area contributed by atoms with Crippen molar-refractivity contribution in [2.24, 2.45) is 5.92 Å². The lowest BCUT2D eigenvalue weighted by Gasteiger charge is -2.16. The van der Waals surface area contributed by atoms with E-state index in [4.69, 9.17) is 9.84 Å². The Balaban J connectivity index is 3.62. The molecular weight excluding hydrogens is 248 g/mol. The average molecular weight is 286 g/mol. The molecule has 1 N–H and O–H groups in total. The minimum absolute atomic E-state index is 0.151. The van der Waals surface area contributed by atoms with Crippen LogP contribution < -0.4 is 0 Å². The molecule has 0 saturated heterocycles. The molecule has 20 heavy (non-hydrogen) atoms. The fraction of sp³-hybridized carbons (Fsp3) is 1.00. The Hall–Kier alpha value is -0.0800. The second kappa shape index (κ2) is 17.0. The van der Waals surface area contributed by atoms with Gasteiger partial charge in [-0.15, -0.1) is 0 Å². The summed E-state index contributed by atoms with van der Waals surface area (Å²) in [4.78, 5) is 0. The summed E-state index contributed by atoms with van der Waals surface area (Å²) in [6.07, 6.45) is 16.3. The number of hydrogen-bond donors (Lipinski definition) is 1. The molecule has 0 aliphatic carbocycles. The van der Waals surface area contributed by atoms with Gasteiger partial charge in [0.05, 0.1) is 13.2 Å². The van der Waals surface area contributed by atoms with Gasteiger partial charge in [-0.05, 0) is 12.3 Å². The summed E-state index contributed by atoms with van der Waals surface area (Å²) in [7, 11) is 0. The molecule has 1 unspecified atom stereocenters. The highest BCUT2D eigenvalue weighted by Crippen LogP contribution is 2.21. The second-order valence-corrected chi connectivity index (χ2v) is 6.04. The molecule has 0 rings (SSSR count). The monoisotopic (exact) mass is 286 g/mol. The summed E-state index contributed by atoms with van der Waals surface area (Å²) in [5.74, 6) is 0.839. The van der Waals surface area contributed by atoms with Crippen molar-refractivity contribution in [3.05, 3.63) is 0 Å². The molecule has 0 heterocycles. The van der Waals surface area contributed by atoms with Crippen LogP contribution in [0.4, 0.5) is 0 Å². The molecule has 2 heteroatoms. The van der Waals surface area contributed by atoms with Crippen LogP contribution in [0.5, 0.6) is 0 Å². The van der Waals surface area contributed by atoms with E-state index in [1.165, 1.54) is 77.0 Å². The van der Waals surface area contributed by atoms with Gasteiger partial charge in [-0.25, -0.2) is 0 Å². The molecule has 1 atom stereocenters. The van der Waals surface area contributed by atoms with Crippen LogP contribution in [0, 0.1) is 5.92 Å². The van der Waals surface area contributed by atoms with Crippen LogP contribution in [-0.2, 0) is 4.74 Å². The molecule has 2 nitrogen and oxygen atoms in total. The van der Waals surface area contributed by atoms with E-state index in [-0.39, 0.29) is 6.61 Å². The van der Waals surface area contributed by atoms with Gasteiger partial charge in [-0.1, -0.05) is 84.5 Å². The Kier molecular flexibility index (Phi) is 16.9. The van der Waals surface area contributed by atoms with Crippen LogP contribution in [-0.4, -0.2) is 24.9 Å². The zero-order chi connectivity index (χ0) is 14.9. The lowest BCUT2D eigenvalue weighted by Crippen LogP contribution is -2.08. The van der Waals surface area contributed by atoms with Gasteiger partial charge in [0.1, 0.15) is 0 Å². The molecular formula is C18H38O2. The van der Waals surface area contributed by atoms with Crippen molar-refractivity contribution in [3.8, 4) is 0 Å². The Labute approximate surface area is 127 Å². The normalized spacial score (nSPS) is 12.8. The van der Waals surface area contributed by atoms with Crippen molar-refractivity contribution in [2.75, 3.05) is 19.8 Å². The van der Waals surface area contributed by atoms with Crippen molar-refractivity contribution in [3.63, 3.8) is 0 Å². The predicted molar refractivity (Wildman–Crippen MR) is 88.1 cm³/mol. The first-order valence-electron chi connectivity index (χ1n) is 9.03. The van der Waals surface area contributed by atoms with E-state index in [9.17, 15) is 0 Å². The quantitative estimate of drug-likeness (QED) is 0.388. The fourth-order valence-electron chi connectivity index (χ4n) is 2.75. The molecule has 0 amide bonds. The number of rotatable bonds is 16. The number of ether oxygens (including phenoxy) is 1. The summed E-state index contributed by atoms with van der Waals surface area (Å²) >= 11 is 0. The molecule has 122 valence electrons. The highest BCUT2D eigenvalue weighted by Gasteiger charge is 2.08. The second-order valence-electron chi connectivity index (χ2n) is 6.04. The summed E-state index contributed by atoms with van der Waals surface area (Å²) < 4.78 is 5.43. The molecule has 0 aliphatic heterocycles. The van der Waals surface area contributed by atoms with Crippen molar-refractivity contribution in [1.82, 2.24) is 0 Å². The Bertz CT molecular complexity index is 171. The summed E-state index contributed by atoms with van der Waals surface area (Å²) in [5.41, 5.74) is 0. The van der Waals surface area contributed by atoms with Crippen LogP contribution >= 0.6 is 0 Å².